The first kappa shape index (κ1) is 23.9. The molecule has 7 nitrogen and oxygen atoms in total. The fourth-order valence-corrected chi connectivity index (χ4v) is 5.10. The maximum atomic E-state index is 13.6. The van der Waals surface area contributed by atoms with Gasteiger partial charge in [-0.15, -0.1) is 11.3 Å². The third kappa shape index (κ3) is 5.12. The van der Waals surface area contributed by atoms with Crippen LogP contribution in [0.4, 0.5) is 0 Å². The molecule has 3 aromatic rings. The van der Waals surface area contributed by atoms with Gasteiger partial charge in [-0.3, -0.25) is 9.59 Å². The molecule has 0 unspecified atom stereocenters. The van der Waals surface area contributed by atoms with Crippen molar-refractivity contribution < 1.29 is 23.5 Å². The van der Waals surface area contributed by atoms with Crippen molar-refractivity contribution in [1.29, 1.82) is 0 Å². The molecule has 0 N–H and O–H groups in total. The number of methoxy groups -OCH3 is 1. The van der Waals surface area contributed by atoms with Crippen LogP contribution in [0.1, 0.15) is 47.3 Å². The summed E-state index contributed by atoms with van der Waals surface area (Å²) in [5.41, 5.74) is 1.11. The van der Waals surface area contributed by atoms with Gasteiger partial charge in [-0.1, -0.05) is 13.0 Å². The van der Waals surface area contributed by atoms with E-state index >= 15 is 0 Å². The molecule has 1 aliphatic rings. The zero-order valence-electron chi connectivity index (χ0n) is 19.7. The Kier molecular flexibility index (Phi) is 7.57. The van der Waals surface area contributed by atoms with Gasteiger partial charge in [0.2, 0.25) is 5.91 Å². The molecule has 0 radical (unpaired) electrons. The number of nitrogens with zero attached hydrogens (tertiary/aromatic N) is 2. The first-order valence-electron chi connectivity index (χ1n) is 11.5. The normalized spacial score (nSPS) is 16.0. The molecule has 180 valence electrons. The van der Waals surface area contributed by atoms with Gasteiger partial charge in [-0.25, -0.2) is 0 Å². The summed E-state index contributed by atoms with van der Waals surface area (Å²) >= 11 is 1.71. The highest BCUT2D eigenvalue weighted by atomic mass is 32.1. The van der Waals surface area contributed by atoms with Crippen molar-refractivity contribution in [1.82, 2.24) is 9.80 Å². The van der Waals surface area contributed by atoms with E-state index in [0.29, 0.717) is 24.7 Å². The molecule has 0 fully saturated rings. The van der Waals surface area contributed by atoms with E-state index in [2.05, 4.69) is 11.4 Å². The van der Waals surface area contributed by atoms with Crippen LogP contribution in [0.15, 0.2) is 58.5 Å². The van der Waals surface area contributed by atoms with E-state index in [1.165, 1.54) is 11.1 Å². The Labute approximate surface area is 203 Å². The average molecular weight is 483 g/mol. The molecule has 0 saturated heterocycles. The van der Waals surface area contributed by atoms with Gasteiger partial charge in [0, 0.05) is 23.5 Å². The van der Waals surface area contributed by atoms with Crippen LogP contribution in [-0.2, 0) is 11.2 Å². The molecule has 1 aliphatic heterocycles. The third-order valence-corrected chi connectivity index (χ3v) is 7.28. The Morgan fingerprint density at radius 2 is 2.06 bits per heavy atom. The van der Waals surface area contributed by atoms with Gasteiger partial charge >= 0.3 is 0 Å². The van der Waals surface area contributed by atoms with E-state index in [1.54, 1.807) is 35.5 Å². The van der Waals surface area contributed by atoms with E-state index in [9.17, 15) is 9.59 Å². The summed E-state index contributed by atoms with van der Waals surface area (Å²) in [6.07, 6.45) is 3.00. The van der Waals surface area contributed by atoms with Crippen LogP contribution < -0.4 is 9.47 Å². The van der Waals surface area contributed by atoms with Crippen molar-refractivity contribution in [3.63, 3.8) is 0 Å². The minimum absolute atomic E-state index is 0.0102. The molecule has 0 saturated carbocycles. The van der Waals surface area contributed by atoms with Crippen molar-refractivity contribution in [2.45, 2.75) is 38.8 Å². The molecule has 2 aromatic heterocycles. The molecule has 0 spiro atoms. The lowest BCUT2D eigenvalue weighted by atomic mass is 10.00. The van der Waals surface area contributed by atoms with Crippen LogP contribution in [0.2, 0.25) is 0 Å². The molecule has 8 heteroatoms. The molecule has 2 atom stereocenters. The van der Waals surface area contributed by atoms with Crippen molar-refractivity contribution >= 4 is 23.2 Å². The number of hydrogen-bond donors (Lipinski definition) is 0. The molecule has 4 rings (SSSR count). The second-order valence-corrected chi connectivity index (χ2v) is 9.31. The van der Waals surface area contributed by atoms with Crippen molar-refractivity contribution in [3.8, 4) is 11.5 Å². The van der Waals surface area contributed by atoms with E-state index in [-0.39, 0.29) is 36.2 Å². The number of amides is 2. The minimum Gasteiger partial charge on any atom is -0.497 e. The zero-order chi connectivity index (χ0) is 24.1. The smallest absolute Gasteiger partial charge is 0.290 e. The second-order valence-electron chi connectivity index (χ2n) is 8.31. The van der Waals surface area contributed by atoms with Crippen LogP contribution in [0.3, 0.4) is 0 Å². The van der Waals surface area contributed by atoms with E-state index in [4.69, 9.17) is 13.9 Å². The highest BCUT2D eigenvalue weighted by Crippen LogP contribution is 2.34. The van der Waals surface area contributed by atoms with Crippen LogP contribution in [-0.4, -0.2) is 54.5 Å². The molecule has 0 bridgehead atoms. The first-order valence-corrected chi connectivity index (χ1v) is 12.4. The van der Waals surface area contributed by atoms with Gasteiger partial charge in [0.1, 0.15) is 24.7 Å². The van der Waals surface area contributed by atoms with Gasteiger partial charge in [0.15, 0.2) is 5.76 Å². The molecular formula is C26H30N2O5S. The summed E-state index contributed by atoms with van der Waals surface area (Å²) in [6, 6.07) is 12.5. The summed E-state index contributed by atoms with van der Waals surface area (Å²) in [7, 11) is 1.62. The maximum Gasteiger partial charge on any atom is 0.290 e. The fraction of sp³-hybridized carbons (Fsp3) is 0.385. The van der Waals surface area contributed by atoms with Crippen LogP contribution in [0, 0.1) is 0 Å². The zero-order valence-corrected chi connectivity index (χ0v) is 20.5. The Balaban J connectivity index is 1.53. The third-order valence-electron chi connectivity index (χ3n) is 6.29. The Bertz CT molecular complexity index is 1110. The molecule has 34 heavy (non-hydrogen) atoms. The topological polar surface area (TPSA) is 72.2 Å². The summed E-state index contributed by atoms with van der Waals surface area (Å²) in [6.45, 7) is 4.84. The Hall–Kier alpha value is -3.26. The van der Waals surface area contributed by atoms with E-state index in [1.807, 2.05) is 43.0 Å². The highest BCUT2D eigenvalue weighted by Gasteiger charge is 2.34. The number of benzene rings is 1. The number of thiophene rings is 1. The van der Waals surface area contributed by atoms with Gasteiger partial charge in [0.05, 0.1) is 19.4 Å². The molecule has 0 aliphatic carbocycles. The molecule has 1 aromatic carbocycles. The van der Waals surface area contributed by atoms with Gasteiger partial charge in [-0.05, 0) is 61.0 Å². The fourth-order valence-electron chi connectivity index (χ4n) is 4.17. The summed E-state index contributed by atoms with van der Waals surface area (Å²) in [5, 5.41) is 2.06. The van der Waals surface area contributed by atoms with E-state index in [0.717, 1.165) is 18.4 Å². The number of carbonyl (C=O) groups is 2. The lowest BCUT2D eigenvalue weighted by Gasteiger charge is -2.38. The first-order chi connectivity index (χ1) is 16.5. The van der Waals surface area contributed by atoms with Crippen molar-refractivity contribution in [3.05, 3.63) is 70.3 Å². The largest absolute Gasteiger partial charge is 0.497 e. The number of carbonyl (C=O) groups excluding carboxylic acids is 2. The summed E-state index contributed by atoms with van der Waals surface area (Å²) < 4.78 is 16.7. The molecular weight excluding hydrogens is 452 g/mol. The monoisotopic (exact) mass is 482 g/mol. The van der Waals surface area contributed by atoms with Crippen molar-refractivity contribution in [2.75, 3.05) is 26.8 Å². The minimum atomic E-state index is -0.273. The highest BCUT2D eigenvalue weighted by molar-refractivity contribution is 7.10. The van der Waals surface area contributed by atoms with Crippen LogP contribution >= 0.6 is 11.3 Å². The summed E-state index contributed by atoms with van der Waals surface area (Å²) in [5.74, 6) is 1.26. The number of fused-ring (bicyclic) bond motifs is 1. The van der Waals surface area contributed by atoms with E-state index < -0.39 is 0 Å². The predicted octanol–water partition coefficient (Wildman–Crippen LogP) is 4.80. The molecule has 2 amide bonds. The van der Waals surface area contributed by atoms with Crippen molar-refractivity contribution in [2.24, 2.45) is 0 Å². The van der Waals surface area contributed by atoms with Gasteiger partial charge < -0.3 is 23.7 Å². The number of rotatable bonds is 9. The van der Waals surface area contributed by atoms with Gasteiger partial charge in [-0.2, -0.15) is 0 Å². The number of furan rings is 1. The Morgan fingerprint density at radius 1 is 1.24 bits per heavy atom. The van der Waals surface area contributed by atoms with Crippen LogP contribution in [0.5, 0.6) is 11.5 Å². The number of hydrogen-bond acceptors (Lipinski definition) is 6. The quantitative estimate of drug-likeness (QED) is 0.438. The molecule has 3 heterocycles. The SMILES string of the molecule is CC[C@@H](C)N(CC(=O)N1CCc2sccc2[C@H]1COc1cccc(OC)c1)C(=O)c1ccco1. The Morgan fingerprint density at radius 3 is 2.79 bits per heavy atom. The standard InChI is InChI=1S/C26H30N2O5S/c1-4-18(2)28(26(30)23-9-6-13-32-23)16-25(29)27-12-10-24-21(11-14-34-24)22(27)17-33-20-8-5-7-19(15-20)31-3/h5-9,11,13-15,18,22H,4,10,12,16-17H2,1-3H3/t18-,22-/m1/s1. The maximum absolute atomic E-state index is 13.6. The lowest BCUT2D eigenvalue weighted by molar-refractivity contribution is -0.136. The second kappa shape index (κ2) is 10.8. The summed E-state index contributed by atoms with van der Waals surface area (Å²) in [4.78, 5) is 31.4. The predicted molar refractivity (Wildman–Crippen MR) is 130 cm³/mol. The van der Waals surface area contributed by atoms with Crippen LogP contribution in [0.25, 0.3) is 0 Å². The number of ether oxygens (including phenoxy) is 2. The lowest BCUT2D eigenvalue weighted by Crippen LogP contribution is -2.49. The van der Waals surface area contributed by atoms with Gasteiger partial charge in [0.25, 0.3) is 5.91 Å². The average Bonchev–Trinajstić information content (AvgIpc) is 3.57.